The van der Waals surface area contributed by atoms with Crippen LogP contribution in [0.1, 0.15) is 36.0 Å². The fraction of sp³-hybridized carbons (Fsp3) is 0.467. The minimum Gasteiger partial charge on any atom is -0.743 e. The van der Waals surface area contributed by atoms with Gasteiger partial charge in [-0.2, -0.15) is 8.78 Å². The first-order chi connectivity index (χ1) is 12.0. The molecule has 144 valence electrons. The molecule has 0 unspecified atom stereocenters. The summed E-state index contributed by atoms with van der Waals surface area (Å²) in [6.45, 7) is -1.68. The van der Waals surface area contributed by atoms with Gasteiger partial charge in [-0.1, -0.05) is 12.8 Å². The van der Waals surface area contributed by atoms with Crippen LogP contribution in [0, 0.1) is 9.49 Å². The van der Waals surface area contributed by atoms with Crippen molar-refractivity contribution < 1.29 is 36.1 Å². The van der Waals surface area contributed by atoms with Crippen LogP contribution >= 0.6 is 22.6 Å². The molecule has 26 heavy (non-hydrogen) atoms. The van der Waals surface area contributed by atoms with Gasteiger partial charge in [-0.3, -0.25) is 9.59 Å². The smallest absolute Gasteiger partial charge is 0.351 e. The van der Waals surface area contributed by atoms with E-state index in [9.17, 15) is 31.3 Å². The third kappa shape index (κ3) is 5.10. The largest absolute Gasteiger partial charge is 0.743 e. The van der Waals surface area contributed by atoms with E-state index in [4.69, 9.17) is 4.74 Å². The lowest BCUT2D eigenvalue weighted by Gasteiger charge is -2.20. The first-order valence-electron chi connectivity index (χ1n) is 7.64. The molecule has 0 bridgehead atoms. The lowest BCUT2D eigenvalue weighted by atomic mass is 10.1. The minimum atomic E-state index is -5.91. The van der Waals surface area contributed by atoms with Crippen molar-refractivity contribution in [2.75, 3.05) is 6.54 Å². The van der Waals surface area contributed by atoms with Gasteiger partial charge in [-0.25, -0.2) is 8.42 Å². The molecule has 0 atom stereocenters. The first-order valence-corrected chi connectivity index (χ1v) is 10.1. The van der Waals surface area contributed by atoms with Gasteiger partial charge in [0, 0.05) is 3.57 Å². The third-order valence-electron chi connectivity index (χ3n) is 3.91. The number of nitrogens with one attached hydrogen (secondary N) is 1. The zero-order chi connectivity index (χ0) is 19.5. The Morgan fingerprint density at radius 3 is 2.50 bits per heavy atom. The van der Waals surface area contributed by atoms with E-state index in [1.165, 1.54) is 18.2 Å². The third-order valence-corrected chi connectivity index (χ3v) is 5.45. The zero-order valence-electron chi connectivity index (χ0n) is 13.3. The molecule has 0 spiro atoms. The second kappa shape index (κ2) is 8.13. The highest BCUT2D eigenvalue weighted by Crippen LogP contribution is 2.29. The summed E-state index contributed by atoms with van der Waals surface area (Å²) in [5, 5.41) is -2.96. The van der Waals surface area contributed by atoms with E-state index in [-0.39, 0.29) is 17.2 Å². The van der Waals surface area contributed by atoms with E-state index in [0.29, 0.717) is 16.4 Å². The molecule has 2 rings (SSSR count). The average Bonchev–Trinajstić information content (AvgIpc) is 3.06. The predicted molar refractivity (Wildman–Crippen MR) is 93.7 cm³/mol. The zero-order valence-corrected chi connectivity index (χ0v) is 16.3. The van der Waals surface area contributed by atoms with Gasteiger partial charge in [0.05, 0.1) is 18.0 Å². The van der Waals surface area contributed by atoms with Gasteiger partial charge in [0.25, 0.3) is 5.91 Å². The lowest BCUT2D eigenvalue weighted by Crippen LogP contribution is -2.42. The summed E-state index contributed by atoms with van der Waals surface area (Å²) in [7, 11) is -5.91. The molecule has 0 aliphatic heterocycles. The molecule has 0 aromatic heterocycles. The summed E-state index contributed by atoms with van der Waals surface area (Å²) >= 11 is 1.92. The number of amides is 1. The maximum absolute atomic E-state index is 13.2. The van der Waals surface area contributed by atoms with E-state index in [2.05, 4.69) is 0 Å². The summed E-state index contributed by atoms with van der Waals surface area (Å²) in [5.41, 5.74) is -0.212. The van der Waals surface area contributed by atoms with Crippen LogP contribution in [0.2, 0.25) is 0 Å². The molecule has 1 N–H and O–H groups in total. The molecule has 0 saturated heterocycles. The highest BCUT2D eigenvalue weighted by molar-refractivity contribution is 14.1. The maximum Gasteiger partial charge on any atom is 0.351 e. The summed E-state index contributed by atoms with van der Waals surface area (Å²) in [6, 6.07) is 4.15. The van der Waals surface area contributed by atoms with Crippen molar-refractivity contribution in [2.45, 2.75) is 30.9 Å². The number of carbonyl (C=O) groups excluding carboxylic acids is 2. The van der Waals surface area contributed by atoms with Gasteiger partial charge >= 0.3 is 11.2 Å². The molecule has 0 heterocycles. The molecule has 7 nitrogen and oxygen atoms in total. The normalized spacial score (nSPS) is 15.7. The van der Waals surface area contributed by atoms with Crippen LogP contribution in [0.15, 0.2) is 18.2 Å². The van der Waals surface area contributed by atoms with Crippen molar-refractivity contribution in [3.63, 3.8) is 0 Å². The topological polar surface area (TPSA) is 113 Å². The maximum atomic E-state index is 13.2. The standard InChI is InChI=1S/C15H16F2INO6S/c16-15(17,26(22,23)24)8-19-13(20)11-6-5-10(18)7-12(11)25-14(21)9-3-1-2-4-9/h5-7,9H,1-4,8H2,(H,19,20)(H,22,23,24)/p-1. The Kier molecular flexibility index (Phi) is 6.55. The number of hydrogen-bond acceptors (Lipinski definition) is 6. The molecule has 1 aliphatic rings. The van der Waals surface area contributed by atoms with Crippen LogP contribution in [0.25, 0.3) is 0 Å². The Bertz CT molecular complexity index is 808. The number of esters is 1. The van der Waals surface area contributed by atoms with E-state index in [0.717, 1.165) is 12.8 Å². The van der Waals surface area contributed by atoms with Crippen molar-refractivity contribution in [3.8, 4) is 5.75 Å². The molecule has 1 fully saturated rings. The van der Waals surface area contributed by atoms with Crippen molar-refractivity contribution in [2.24, 2.45) is 5.92 Å². The van der Waals surface area contributed by atoms with Crippen LogP contribution in [0.3, 0.4) is 0 Å². The monoisotopic (exact) mass is 502 g/mol. The van der Waals surface area contributed by atoms with Crippen LogP contribution in [-0.2, 0) is 14.9 Å². The number of alkyl halides is 2. The number of halogens is 3. The van der Waals surface area contributed by atoms with Gasteiger partial charge < -0.3 is 14.6 Å². The molecule has 1 aromatic rings. The Morgan fingerprint density at radius 2 is 1.92 bits per heavy atom. The molecule has 1 saturated carbocycles. The van der Waals surface area contributed by atoms with Crippen LogP contribution in [0.5, 0.6) is 5.75 Å². The fourth-order valence-electron chi connectivity index (χ4n) is 2.49. The molecule has 1 amide bonds. The molecular formula is C15H15F2INO6S-. The second-order valence-electron chi connectivity index (χ2n) is 5.82. The Labute approximate surface area is 162 Å². The number of ether oxygens (including phenoxy) is 1. The Morgan fingerprint density at radius 1 is 1.31 bits per heavy atom. The minimum absolute atomic E-state index is 0.111. The van der Waals surface area contributed by atoms with Crippen LogP contribution in [-0.4, -0.2) is 36.6 Å². The molecule has 0 radical (unpaired) electrons. The highest BCUT2D eigenvalue weighted by Gasteiger charge is 2.38. The molecule has 1 aliphatic carbocycles. The van der Waals surface area contributed by atoms with Crippen molar-refractivity contribution >= 4 is 44.6 Å². The SMILES string of the molecule is O=C(NCC(F)(F)S(=O)(=O)[O-])c1ccc(I)cc1OC(=O)C1CCCC1. The van der Waals surface area contributed by atoms with Gasteiger partial charge in [0.15, 0.2) is 10.1 Å². The molecule has 11 heteroatoms. The molecular weight excluding hydrogens is 487 g/mol. The van der Waals surface area contributed by atoms with Gasteiger partial charge in [0.2, 0.25) is 0 Å². The van der Waals surface area contributed by atoms with Crippen molar-refractivity contribution in [3.05, 3.63) is 27.3 Å². The number of carbonyl (C=O) groups is 2. The fourth-order valence-corrected chi connectivity index (χ4v) is 3.20. The number of hydrogen-bond donors (Lipinski definition) is 1. The molecule has 1 aromatic carbocycles. The van der Waals surface area contributed by atoms with Gasteiger partial charge in [0.1, 0.15) is 5.75 Å². The first kappa shape index (κ1) is 21.0. The van der Waals surface area contributed by atoms with E-state index < -0.39 is 33.8 Å². The summed E-state index contributed by atoms with van der Waals surface area (Å²) in [6.07, 6.45) is 3.16. The average molecular weight is 502 g/mol. The lowest BCUT2D eigenvalue weighted by molar-refractivity contribution is -0.138. The van der Waals surface area contributed by atoms with E-state index in [1.807, 2.05) is 22.6 Å². The van der Waals surface area contributed by atoms with Gasteiger partial charge in [-0.05, 0) is 53.6 Å². The van der Waals surface area contributed by atoms with Crippen LogP contribution in [0.4, 0.5) is 8.78 Å². The van der Waals surface area contributed by atoms with Crippen molar-refractivity contribution in [1.82, 2.24) is 5.32 Å². The van der Waals surface area contributed by atoms with Crippen molar-refractivity contribution in [1.29, 1.82) is 0 Å². The number of rotatable bonds is 6. The van der Waals surface area contributed by atoms with Crippen LogP contribution < -0.4 is 10.1 Å². The van der Waals surface area contributed by atoms with E-state index in [1.54, 1.807) is 5.32 Å². The highest BCUT2D eigenvalue weighted by atomic mass is 127. The summed E-state index contributed by atoms with van der Waals surface area (Å²) in [5.74, 6) is -1.98. The Balaban J connectivity index is 2.15. The van der Waals surface area contributed by atoms with E-state index >= 15 is 0 Å². The summed E-state index contributed by atoms with van der Waals surface area (Å²) < 4.78 is 63.7. The summed E-state index contributed by atoms with van der Waals surface area (Å²) in [4.78, 5) is 24.3. The Hall–Kier alpha value is -1.34. The van der Waals surface area contributed by atoms with Gasteiger partial charge in [-0.15, -0.1) is 0 Å². The second-order valence-corrected chi connectivity index (χ2v) is 8.57. The predicted octanol–water partition coefficient (Wildman–Crippen LogP) is 2.25. The number of benzene rings is 1. The quantitative estimate of drug-likeness (QED) is 0.277.